The monoisotopic (exact) mass is 327 g/mol. The first-order chi connectivity index (χ1) is 10.5. The average Bonchev–Trinajstić information content (AvgIpc) is 2.51. The highest BCUT2D eigenvalue weighted by Crippen LogP contribution is 2.19. The third-order valence-corrected chi connectivity index (χ3v) is 4.41. The minimum Gasteiger partial charge on any atom is -0.464 e. The smallest absolute Gasteiger partial charge is 0.332 e. The Balaban J connectivity index is 2.39. The Kier molecular flexibility index (Phi) is 8.30. The molecule has 22 heavy (non-hydrogen) atoms. The van der Waals surface area contributed by atoms with Crippen molar-refractivity contribution < 1.29 is 18.5 Å². The summed E-state index contributed by atoms with van der Waals surface area (Å²) in [5.74, 6) is -0.332. The van der Waals surface area contributed by atoms with Crippen LogP contribution in [0.5, 0.6) is 0 Å². The lowest BCUT2D eigenvalue weighted by molar-refractivity contribution is -0.148. The summed E-state index contributed by atoms with van der Waals surface area (Å²) in [6.07, 6.45) is 1.67. The second-order valence-corrected chi connectivity index (χ2v) is 6.42. The maximum absolute atomic E-state index is 11.4. The summed E-state index contributed by atoms with van der Waals surface area (Å²) in [5.41, 5.74) is 1.15. The van der Waals surface area contributed by atoms with Gasteiger partial charge in [0.25, 0.3) is 0 Å². The molecule has 1 aromatic rings. The van der Waals surface area contributed by atoms with E-state index in [1.165, 1.54) is 0 Å². The standard InChI is InChI=1S/C16H25NO4S/c1-5-21-16(18)12-20-11-10-17(3)13(2)14-6-8-15(9-7-14)22(4)19/h6-9,13H,5,10-12H2,1-4H3/t13-,22+/m1/s1. The van der Waals surface area contributed by atoms with E-state index in [-0.39, 0.29) is 18.6 Å². The Morgan fingerprint density at radius 3 is 2.50 bits per heavy atom. The summed E-state index contributed by atoms with van der Waals surface area (Å²) in [4.78, 5) is 14.1. The van der Waals surface area contributed by atoms with Gasteiger partial charge in [-0.3, -0.25) is 9.11 Å². The van der Waals surface area contributed by atoms with Gasteiger partial charge in [0.1, 0.15) is 6.61 Å². The van der Waals surface area contributed by atoms with Crippen LogP contribution in [0, 0.1) is 0 Å². The van der Waals surface area contributed by atoms with E-state index in [2.05, 4.69) is 11.8 Å². The van der Waals surface area contributed by atoms with Crippen LogP contribution in [0.15, 0.2) is 29.2 Å². The molecule has 0 aliphatic heterocycles. The molecule has 0 aromatic heterocycles. The lowest BCUT2D eigenvalue weighted by Crippen LogP contribution is -2.27. The number of benzene rings is 1. The second kappa shape index (κ2) is 9.71. The number of likely N-dealkylation sites (N-methyl/N-ethyl adjacent to an activating group) is 1. The van der Waals surface area contributed by atoms with E-state index in [0.717, 1.165) is 10.5 Å². The van der Waals surface area contributed by atoms with Crippen molar-refractivity contribution in [2.24, 2.45) is 0 Å². The number of carbonyl (C=O) groups excluding carboxylic acids is 1. The van der Waals surface area contributed by atoms with Gasteiger partial charge in [-0.1, -0.05) is 12.1 Å². The van der Waals surface area contributed by atoms with E-state index in [9.17, 15) is 9.00 Å². The second-order valence-electron chi connectivity index (χ2n) is 5.04. The molecule has 0 radical (unpaired) electrons. The number of rotatable bonds is 9. The van der Waals surface area contributed by atoms with Gasteiger partial charge in [0.05, 0.1) is 13.2 Å². The number of carbonyl (C=O) groups is 1. The molecule has 0 fully saturated rings. The molecule has 0 saturated heterocycles. The van der Waals surface area contributed by atoms with Crippen molar-refractivity contribution in [3.63, 3.8) is 0 Å². The summed E-state index contributed by atoms with van der Waals surface area (Å²) in [6.45, 7) is 5.42. The predicted molar refractivity (Wildman–Crippen MR) is 87.3 cm³/mol. The Bertz CT molecular complexity index is 489. The maximum atomic E-state index is 11.4. The highest BCUT2D eigenvalue weighted by molar-refractivity contribution is 7.84. The van der Waals surface area contributed by atoms with E-state index < -0.39 is 10.8 Å². The normalized spacial score (nSPS) is 13.9. The van der Waals surface area contributed by atoms with Crippen LogP contribution in [0.3, 0.4) is 0 Å². The molecule has 0 bridgehead atoms. The molecular weight excluding hydrogens is 302 g/mol. The number of nitrogens with zero attached hydrogens (tertiary/aromatic N) is 1. The topological polar surface area (TPSA) is 55.8 Å². The fraction of sp³-hybridized carbons (Fsp3) is 0.562. The minimum atomic E-state index is -0.951. The molecule has 124 valence electrons. The van der Waals surface area contributed by atoms with E-state index in [0.29, 0.717) is 19.8 Å². The van der Waals surface area contributed by atoms with Gasteiger partial charge in [-0.25, -0.2) is 4.79 Å². The SMILES string of the molecule is CCOC(=O)COCCN(C)[C@H](C)c1ccc([S@](C)=O)cc1. The van der Waals surface area contributed by atoms with Crippen molar-refractivity contribution in [3.8, 4) is 0 Å². The number of esters is 1. The van der Waals surface area contributed by atoms with Gasteiger partial charge in [0.15, 0.2) is 0 Å². The van der Waals surface area contributed by atoms with Crippen LogP contribution in [-0.2, 0) is 25.1 Å². The quantitative estimate of drug-likeness (QED) is 0.513. The predicted octanol–water partition coefficient (Wildman–Crippen LogP) is 2.00. The largest absolute Gasteiger partial charge is 0.464 e. The van der Waals surface area contributed by atoms with Gasteiger partial charge < -0.3 is 9.47 Å². The van der Waals surface area contributed by atoms with Crippen LogP contribution < -0.4 is 0 Å². The molecule has 0 heterocycles. The van der Waals surface area contributed by atoms with E-state index in [4.69, 9.17) is 9.47 Å². The van der Waals surface area contributed by atoms with E-state index >= 15 is 0 Å². The Morgan fingerprint density at radius 2 is 1.95 bits per heavy atom. The lowest BCUT2D eigenvalue weighted by atomic mass is 10.1. The van der Waals surface area contributed by atoms with Gasteiger partial charge >= 0.3 is 5.97 Å². The number of hydrogen-bond donors (Lipinski definition) is 0. The minimum absolute atomic E-state index is 0.00687. The zero-order chi connectivity index (χ0) is 16.5. The van der Waals surface area contributed by atoms with Crippen LogP contribution in [-0.4, -0.2) is 54.7 Å². The van der Waals surface area contributed by atoms with Gasteiger partial charge in [-0.15, -0.1) is 0 Å². The molecule has 6 heteroatoms. The van der Waals surface area contributed by atoms with Gasteiger partial charge in [0.2, 0.25) is 0 Å². The van der Waals surface area contributed by atoms with Crippen LogP contribution in [0.2, 0.25) is 0 Å². The Morgan fingerprint density at radius 1 is 1.32 bits per heavy atom. The molecule has 5 nitrogen and oxygen atoms in total. The van der Waals surface area contributed by atoms with Crippen molar-refractivity contribution in [1.29, 1.82) is 0 Å². The average molecular weight is 327 g/mol. The van der Waals surface area contributed by atoms with Crippen LogP contribution >= 0.6 is 0 Å². The van der Waals surface area contributed by atoms with E-state index in [1.54, 1.807) is 13.2 Å². The van der Waals surface area contributed by atoms with E-state index in [1.807, 2.05) is 31.3 Å². The number of ether oxygens (including phenoxy) is 2. The van der Waals surface area contributed by atoms with Crippen molar-refractivity contribution in [1.82, 2.24) is 4.90 Å². The summed E-state index contributed by atoms with van der Waals surface area (Å²) in [6, 6.07) is 8.00. The van der Waals surface area contributed by atoms with Crippen LogP contribution in [0.1, 0.15) is 25.5 Å². The fourth-order valence-corrected chi connectivity index (χ4v) is 2.47. The molecule has 0 unspecified atom stereocenters. The summed E-state index contributed by atoms with van der Waals surface area (Å²) in [7, 11) is 1.05. The Labute approximate surface area is 135 Å². The van der Waals surface area contributed by atoms with Crippen LogP contribution in [0.25, 0.3) is 0 Å². The Hall–Kier alpha value is -1.24. The zero-order valence-electron chi connectivity index (χ0n) is 13.7. The van der Waals surface area contributed by atoms with Crippen molar-refractivity contribution in [2.45, 2.75) is 24.8 Å². The highest BCUT2D eigenvalue weighted by Gasteiger charge is 2.12. The molecule has 0 amide bonds. The number of hydrogen-bond acceptors (Lipinski definition) is 5. The molecule has 0 saturated carbocycles. The molecule has 0 spiro atoms. The maximum Gasteiger partial charge on any atom is 0.332 e. The van der Waals surface area contributed by atoms with Crippen molar-refractivity contribution >= 4 is 16.8 Å². The third-order valence-electron chi connectivity index (χ3n) is 3.47. The summed E-state index contributed by atoms with van der Waals surface area (Å²) in [5, 5.41) is 0. The third kappa shape index (κ3) is 6.25. The summed E-state index contributed by atoms with van der Waals surface area (Å²) < 4.78 is 21.5. The first-order valence-electron chi connectivity index (χ1n) is 7.32. The van der Waals surface area contributed by atoms with Gasteiger partial charge in [-0.05, 0) is 38.6 Å². The molecule has 2 atom stereocenters. The van der Waals surface area contributed by atoms with Crippen LogP contribution in [0.4, 0.5) is 0 Å². The van der Waals surface area contributed by atoms with Crippen molar-refractivity contribution in [3.05, 3.63) is 29.8 Å². The first kappa shape index (κ1) is 18.8. The zero-order valence-corrected chi connectivity index (χ0v) is 14.5. The van der Waals surface area contributed by atoms with Gasteiger partial charge in [0, 0.05) is 34.5 Å². The summed E-state index contributed by atoms with van der Waals surface area (Å²) >= 11 is 0. The molecule has 1 rings (SSSR count). The molecule has 1 aromatic carbocycles. The molecule has 0 aliphatic carbocycles. The molecule has 0 aliphatic rings. The highest BCUT2D eigenvalue weighted by atomic mass is 32.2. The first-order valence-corrected chi connectivity index (χ1v) is 8.88. The lowest BCUT2D eigenvalue weighted by Gasteiger charge is -2.25. The molecule has 0 N–H and O–H groups in total. The fourth-order valence-electron chi connectivity index (χ4n) is 1.95. The van der Waals surface area contributed by atoms with Gasteiger partial charge in [-0.2, -0.15) is 0 Å². The molecular formula is C16H25NO4S. The van der Waals surface area contributed by atoms with Crippen molar-refractivity contribution in [2.75, 3.05) is 39.7 Å².